The number of anilines is 1. The van der Waals surface area contributed by atoms with Gasteiger partial charge in [0.1, 0.15) is 0 Å². The third-order valence-corrected chi connectivity index (χ3v) is 4.05. The van der Waals surface area contributed by atoms with Crippen LogP contribution < -0.4 is 10.6 Å². The molecule has 1 atom stereocenters. The molecule has 1 aromatic carbocycles. The molecule has 1 fully saturated rings. The van der Waals surface area contributed by atoms with Crippen LogP contribution in [0.1, 0.15) is 16.8 Å². The maximum atomic E-state index is 11.7. The summed E-state index contributed by atoms with van der Waals surface area (Å²) >= 11 is 7.61. The van der Waals surface area contributed by atoms with Crippen molar-refractivity contribution in [3.8, 4) is 0 Å². The summed E-state index contributed by atoms with van der Waals surface area (Å²) in [5.41, 5.74) is 0.410. The molecule has 7 heteroatoms. The number of rotatable bonds is 3. The Morgan fingerprint density at radius 1 is 1.37 bits per heavy atom. The molecule has 0 saturated carbocycles. The lowest BCUT2D eigenvalue weighted by atomic mass is 10.2. The molecule has 102 valence electrons. The Bertz CT molecular complexity index is 504. The maximum absolute atomic E-state index is 11.7. The molecule has 1 aliphatic heterocycles. The van der Waals surface area contributed by atoms with Gasteiger partial charge >= 0.3 is 12.0 Å². The van der Waals surface area contributed by atoms with Crippen molar-refractivity contribution in [2.45, 2.75) is 12.5 Å². The fraction of sp³-hybridized carbons (Fsp3) is 0.333. The van der Waals surface area contributed by atoms with Gasteiger partial charge in [0.05, 0.1) is 5.56 Å². The number of amides is 2. The number of carboxylic acid groups (broad SMARTS) is 1. The highest BCUT2D eigenvalue weighted by atomic mass is 35.5. The highest BCUT2D eigenvalue weighted by Gasteiger charge is 2.17. The smallest absolute Gasteiger partial charge is 0.335 e. The molecule has 2 rings (SSSR count). The number of nitrogens with one attached hydrogen (secondary N) is 2. The SMILES string of the molecule is O=C(Nc1cc(Cl)cc(C(=O)O)c1)NC1CCSC1. The minimum absolute atomic E-state index is 0.0409. The molecule has 0 radical (unpaired) electrons. The second-order valence-corrected chi connectivity index (χ2v) is 5.78. The van der Waals surface area contributed by atoms with E-state index in [1.54, 1.807) is 11.8 Å². The van der Waals surface area contributed by atoms with Crippen LogP contribution >= 0.6 is 23.4 Å². The minimum atomic E-state index is -1.09. The van der Waals surface area contributed by atoms with Crippen molar-refractivity contribution in [1.82, 2.24) is 5.32 Å². The zero-order chi connectivity index (χ0) is 13.8. The molecule has 0 bridgehead atoms. The van der Waals surface area contributed by atoms with Gasteiger partial charge in [0.2, 0.25) is 0 Å². The fourth-order valence-electron chi connectivity index (χ4n) is 1.79. The molecule has 0 aliphatic carbocycles. The number of hydrogen-bond donors (Lipinski definition) is 3. The van der Waals surface area contributed by atoms with E-state index in [2.05, 4.69) is 10.6 Å². The molecule has 5 nitrogen and oxygen atoms in total. The second-order valence-electron chi connectivity index (χ2n) is 4.19. The Morgan fingerprint density at radius 2 is 2.16 bits per heavy atom. The summed E-state index contributed by atoms with van der Waals surface area (Å²) < 4.78 is 0. The minimum Gasteiger partial charge on any atom is -0.478 e. The number of thioether (sulfide) groups is 1. The number of aromatic carboxylic acids is 1. The van der Waals surface area contributed by atoms with E-state index in [9.17, 15) is 9.59 Å². The van der Waals surface area contributed by atoms with Crippen LogP contribution in [-0.2, 0) is 0 Å². The van der Waals surface area contributed by atoms with Gasteiger partial charge in [-0.15, -0.1) is 0 Å². The normalized spacial score (nSPS) is 18.1. The zero-order valence-corrected chi connectivity index (χ0v) is 11.6. The number of hydrogen-bond acceptors (Lipinski definition) is 3. The van der Waals surface area contributed by atoms with Crippen LogP contribution in [0.2, 0.25) is 5.02 Å². The van der Waals surface area contributed by atoms with Crippen LogP contribution in [0.15, 0.2) is 18.2 Å². The lowest BCUT2D eigenvalue weighted by Crippen LogP contribution is -2.37. The number of carbonyl (C=O) groups is 2. The lowest BCUT2D eigenvalue weighted by Gasteiger charge is -2.13. The van der Waals surface area contributed by atoms with Crippen LogP contribution in [0.5, 0.6) is 0 Å². The summed E-state index contributed by atoms with van der Waals surface area (Å²) in [5.74, 6) is 0.868. The van der Waals surface area contributed by atoms with E-state index >= 15 is 0 Å². The van der Waals surface area contributed by atoms with Gasteiger partial charge in [-0.1, -0.05) is 11.6 Å². The van der Waals surface area contributed by atoms with Crippen LogP contribution in [0.25, 0.3) is 0 Å². The molecule has 1 aromatic rings. The van der Waals surface area contributed by atoms with Crippen molar-refractivity contribution in [2.75, 3.05) is 16.8 Å². The summed E-state index contributed by atoms with van der Waals surface area (Å²) in [5, 5.41) is 14.6. The Morgan fingerprint density at radius 3 is 2.79 bits per heavy atom. The predicted molar refractivity (Wildman–Crippen MR) is 76.3 cm³/mol. The zero-order valence-electron chi connectivity index (χ0n) is 9.98. The van der Waals surface area contributed by atoms with Crippen LogP contribution in [0.3, 0.4) is 0 Å². The van der Waals surface area contributed by atoms with Crippen LogP contribution in [-0.4, -0.2) is 34.7 Å². The summed E-state index contributed by atoms with van der Waals surface area (Å²) in [4.78, 5) is 22.6. The Kier molecular flexibility index (Phi) is 4.55. The molecule has 1 unspecified atom stereocenters. The predicted octanol–water partition coefficient (Wildman–Crippen LogP) is 2.67. The second kappa shape index (κ2) is 6.16. The number of carboxylic acids is 1. The quantitative estimate of drug-likeness (QED) is 0.802. The van der Waals surface area contributed by atoms with Gasteiger partial charge in [-0.2, -0.15) is 11.8 Å². The number of benzene rings is 1. The maximum Gasteiger partial charge on any atom is 0.335 e. The van der Waals surface area contributed by atoms with Crippen LogP contribution in [0.4, 0.5) is 10.5 Å². The van der Waals surface area contributed by atoms with E-state index in [0.29, 0.717) is 5.69 Å². The van der Waals surface area contributed by atoms with Crippen molar-refractivity contribution in [1.29, 1.82) is 0 Å². The summed E-state index contributed by atoms with van der Waals surface area (Å²) in [6.07, 6.45) is 0.952. The molecule has 1 saturated heterocycles. The van der Waals surface area contributed by atoms with Crippen LogP contribution in [0, 0.1) is 0 Å². The summed E-state index contributed by atoms with van der Waals surface area (Å²) in [6.45, 7) is 0. The molecule has 1 aliphatic rings. The highest BCUT2D eigenvalue weighted by Crippen LogP contribution is 2.20. The van der Waals surface area contributed by atoms with Crippen molar-refractivity contribution in [2.24, 2.45) is 0 Å². The van der Waals surface area contributed by atoms with E-state index in [1.165, 1.54) is 18.2 Å². The summed E-state index contributed by atoms with van der Waals surface area (Å²) in [6, 6.07) is 4.05. The first-order chi connectivity index (χ1) is 9.04. The van der Waals surface area contributed by atoms with Crippen molar-refractivity contribution >= 4 is 41.1 Å². The highest BCUT2D eigenvalue weighted by molar-refractivity contribution is 7.99. The van der Waals surface area contributed by atoms with Crippen molar-refractivity contribution in [3.05, 3.63) is 28.8 Å². The van der Waals surface area contributed by atoms with Gasteiger partial charge in [-0.3, -0.25) is 0 Å². The van der Waals surface area contributed by atoms with Gasteiger partial charge in [0, 0.05) is 22.5 Å². The lowest BCUT2D eigenvalue weighted by molar-refractivity contribution is 0.0697. The van der Waals surface area contributed by atoms with Gasteiger partial charge in [-0.05, 0) is 30.4 Å². The van der Waals surface area contributed by atoms with Gasteiger partial charge in [0.25, 0.3) is 0 Å². The van der Waals surface area contributed by atoms with Crippen molar-refractivity contribution in [3.63, 3.8) is 0 Å². The Balaban J connectivity index is 2.01. The number of halogens is 1. The molecule has 2 amide bonds. The average Bonchev–Trinajstić information content (AvgIpc) is 2.80. The van der Waals surface area contributed by atoms with E-state index in [4.69, 9.17) is 16.7 Å². The van der Waals surface area contributed by atoms with Gasteiger partial charge in [0.15, 0.2) is 0 Å². The van der Waals surface area contributed by atoms with Gasteiger partial charge < -0.3 is 15.7 Å². The first-order valence-corrected chi connectivity index (χ1v) is 7.27. The third-order valence-electron chi connectivity index (χ3n) is 2.67. The van der Waals surface area contributed by atoms with Gasteiger partial charge in [-0.25, -0.2) is 9.59 Å². The first-order valence-electron chi connectivity index (χ1n) is 5.74. The molecule has 19 heavy (non-hydrogen) atoms. The van der Waals surface area contributed by atoms with Crippen molar-refractivity contribution < 1.29 is 14.7 Å². The standard InChI is InChI=1S/C12H13ClN2O3S/c13-8-3-7(11(16)17)4-10(5-8)15-12(18)14-9-1-2-19-6-9/h3-5,9H,1-2,6H2,(H,16,17)(H2,14,15,18). The number of urea groups is 1. The molecule has 0 spiro atoms. The molecule has 0 aromatic heterocycles. The molecular formula is C12H13ClN2O3S. The van der Waals surface area contributed by atoms with E-state index in [1.807, 2.05) is 0 Å². The summed E-state index contributed by atoms with van der Waals surface area (Å²) in [7, 11) is 0. The molecule has 1 heterocycles. The molecular weight excluding hydrogens is 288 g/mol. The average molecular weight is 301 g/mol. The third kappa shape index (κ3) is 4.04. The monoisotopic (exact) mass is 300 g/mol. The van der Waals surface area contributed by atoms with E-state index < -0.39 is 5.97 Å². The largest absolute Gasteiger partial charge is 0.478 e. The topological polar surface area (TPSA) is 78.4 Å². The Hall–Kier alpha value is -1.40. The van der Waals surface area contributed by atoms with E-state index in [0.717, 1.165) is 17.9 Å². The fourth-order valence-corrected chi connectivity index (χ4v) is 3.17. The number of carbonyl (C=O) groups excluding carboxylic acids is 1. The van der Waals surface area contributed by atoms with E-state index in [-0.39, 0.29) is 22.7 Å². The molecule has 3 N–H and O–H groups in total. The Labute approximate surface area is 119 Å². The first kappa shape index (κ1) is 14.0.